The Morgan fingerprint density at radius 3 is 2.29 bits per heavy atom. The van der Waals surface area contributed by atoms with Crippen LogP contribution in [0.2, 0.25) is 0 Å². The van der Waals surface area contributed by atoms with Crippen molar-refractivity contribution < 1.29 is 0 Å². The zero-order valence-corrected chi connectivity index (χ0v) is 8.61. The minimum atomic E-state index is 0.373. The van der Waals surface area contributed by atoms with E-state index in [0.29, 0.717) is 11.9 Å². The molecule has 0 radical (unpaired) electrons. The SMILES string of the molecule is CC1CCC(c2cnc(N)nc2)CC1. The van der Waals surface area contributed by atoms with Crippen LogP contribution in [0.5, 0.6) is 0 Å². The lowest BCUT2D eigenvalue weighted by Crippen LogP contribution is -2.11. The van der Waals surface area contributed by atoms with Crippen LogP contribution in [0.4, 0.5) is 5.95 Å². The smallest absolute Gasteiger partial charge is 0.219 e. The molecular formula is C11H17N3. The second kappa shape index (κ2) is 3.95. The molecule has 1 fully saturated rings. The molecule has 0 unspecified atom stereocenters. The maximum absolute atomic E-state index is 5.46. The van der Waals surface area contributed by atoms with Gasteiger partial charge in [0.05, 0.1) is 0 Å². The van der Waals surface area contributed by atoms with Crippen molar-refractivity contribution in [2.45, 2.75) is 38.5 Å². The number of nitrogens with two attached hydrogens (primary N) is 1. The van der Waals surface area contributed by atoms with Crippen LogP contribution >= 0.6 is 0 Å². The zero-order valence-electron chi connectivity index (χ0n) is 8.61. The predicted molar refractivity (Wildman–Crippen MR) is 56.8 cm³/mol. The summed E-state index contributed by atoms with van der Waals surface area (Å²) in [7, 11) is 0. The number of nitrogens with zero attached hydrogens (tertiary/aromatic N) is 2. The highest BCUT2D eigenvalue weighted by atomic mass is 15.0. The highest BCUT2D eigenvalue weighted by Crippen LogP contribution is 2.34. The fourth-order valence-electron chi connectivity index (χ4n) is 2.15. The van der Waals surface area contributed by atoms with Gasteiger partial charge in [-0.3, -0.25) is 0 Å². The van der Waals surface area contributed by atoms with Crippen molar-refractivity contribution in [1.29, 1.82) is 0 Å². The van der Waals surface area contributed by atoms with Gasteiger partial charge in [-0.25, -0.2) is 9.97 Å². The third kappa shape index (κ3) is 2.03. The highest BCUT2D eigenvalue weighted by Gasteiger charge is 2.19. The number of anilines is 1. The fourth-order valence-corrected chi connectivity index (χ4v) is 2.15. The van der Waals surface area contributed by atoms with E-state index in [-0.39, 0.29) is 0 Å². The summed E-state index contributed by atoms with van der Waals surface area (Å²) in [5.41, 5.74) is 6.71. The van der Waals surface area contributed by atoms with E-state index < -0.39 is 0 Å². The standard InChI is InChI=1S/C11H17N3/c1-8-2-4-9(5-3-8)10-6-13-11(12)14-7-10/h6-9H,2-5H2,1H3,(H2,12,13,14). The number of aromatic nitrogens is 2. The summed E-state index contributed by atoms with van der Waals surface area (Å²) in [5, 5.41) is 0. The van der Waals surface area contributed by atoms with Gasteiger partial charge in [0.2, 0.25) is 5.95 Å². The summed E-state index contributed by atoms with van der Waals surface area (Å²) in [4.78, 5) is 8.08. The first-order valence-electron chi connectivity index (χ1n) is 5.33. The normalized spacial score (nSPS) is 27.5. The van der Waals surface area contributed by atoms with Crippen LogP contribution in [0.25, 0.3) is 0 Å². The van der Waals surface area contributed by atoms with Crippen LogP contribution in [-0.2, 0) is 0 Å². The van der Waals surface area contributed by atoms with E-state index in [2.05, 4.69) is 16.9 Å². The quantitative estimate of drug-likeness (QED) is 0.741. The molecule has 14 heavy (non-hydrogen) atoms. The van der Waals surface area contributed by atoms with Gasteiger partial charge >= 0.3 is 0 Å². The lowest BCUT2D eigenvalue weighted by atomic mass is 9.80. The topological polar surface area (TPSA) is 51.8 Å². The lowest BCUT2D eigenvalue weighted by molar-refractivity contribution is 0.347. The Morgan fingerprint density at radius 2 is 1.71 bits per heavy atom. The van der Waals surface area contributed by atoms with Gasteiger partial charge in [0.1, 0.15) is 0 Å². The predicted octanol–water partition coefficient (Wildman–Crippen LogP) is 2.35. The largest absolute Gasteiger partial charge is 0.368 e. The third-order valence-electron chi connectivity index (χ3n) is 3.18. The van der Waals surface area contributed by atoms with E-state index in [1.165, 1.54) is 31.2 Å². The Morgan fingerprint density at radius 1 is 1.14 bits per heavy atom. The molecule has 0 amide bonds. The molecule has 0 aromatic carbocycles. The second-order valence-corrected chi connectivity index (χ2v) is 4.33. The van der Waals surface area contributed by atoms with Crippen LogP contribution in [0.1, 0.15) is 44.1 Å². The van der Waals surface area contributed by atoms with Gasteiger partial charge in [0.15, 0.2) is 0 Å². The highest BCUT2D eigenvalue weighted by molar-refractivity contribution is 5.20. The molecule has 76 valence electrons. The molecule has 3 heteroatoms. The molecule has 2 rings (SSSR count). The van der Waals surface area contributed by atoms with Gasteiger partial charge in [-0.1, -0.05) is 19.8 Å². The lowest BCUT2D eigenvalue weighted by Gasteiger charge is -2.25. The number of nitrogen functional groups attached to an aromatic ring is 1. The van der Waals surface area contributed by atoms with E-state index in [1.807, 2.05) is 12.4 Å². The second-order valence-electron chi connectivity index (χ2n) is 4.33. The van der Waals surface area contributed by atoms with Crippen LogP contribution < -0.4 is 5.73 Å². The van der Waals surface area contributed by atoms with Crippen molar-refractivity contribution in [3.05, 3.63) is 18.0 Å². The molecule has 0 atom stereocenters. The molecule has 1 aromatic heterocycles. The molecule has 3 nitrogen and oxygen atoms in total. The summed E-state index contributed by atoms with van der Waals surface area (Å²) in [5.74, 6) is 1.92. The van der Waals surface area contributed by atoms with Gasteiger partial charge in [-0.05, 0) is 30.2 Å². The van der Waals surface area contributed by atoms with Gasteiger partial charge in [-0.2, -0.15) is 0 Å². The molecule has 1 heterocycles. The molecule has 0 spiro atoms. The Hall–Kier alpha value is -1.12. The third-order valence-corrected chi connectivity index (χ3v) is 3.18. The van der Waals surface area contributed by atoms with E-state index in [9.17, 15) is 0 Å². The average molecular weight is 191 g/mol. The first-order valence-corrected chi connectivity index (χ1v) is 5.33. The van der Waals surface area contributed by atoms with Crippen molar-refractivity contribution in [2.24, 2.45) is 5.92 Å². The van der Waals surface area contributed by atoms with E-state index >= 15 is 0 Å². The monoisotopic (exact) mass is 191 g/mol. The van der Waals surface area contributed by atoms with Crippen LogP contribution in [0, 0.1) is 5.92 Å². The van der Waals surface area contributed by atoms with Crippen molar-refractivity contribution in [2.75, 3.05) is 5.73 Å². The molecule has 2 N–H and O–H groups in total. The van der Waals surface area contributed by atoms with Crippen LogP contribution in [0.15, 0.2) is 12.4 Å². The van der Waals surface area contributed by atoms with Gasteiger partial charge < -0.3 is 5.73 Å². The minimum Gasteiger partial charge on any atom is -0.368 e. The van der Waals surface area contributed by atoms with Gasteiger partial charge in [-0.15, -0.1) is 0 Å². The van der Waals surface area contributed by atoms with Crippen molar-refractivity contribution in [3.8, 4) is 0 Å². The van der Waals surface area contributed by atoms with Crippen molar-refractivity contribution >= 4 is 5.95 Å². The molecule has 1 aliphatic rings. The van der Waals surface area contributed by atoms with Crippen LogP contribution in [0.3, 0.4) is 0 Å². The summed E-state index contributed by atoms with van der Waals surface area (Å²) in [6.45, 7) is 2.33. The summed E-state index contributed by atoms with van der Waals surface area (Å²) >= 11 is 0. The van der Waals surface area contributed by atoms with Crippen molar-refractivity contribution in [3.63, 3.8) is 0 Å². The van der Waals surface area contributed by atoms with E-state index in [1.54, 1.807) is 0 Å². The average Bonchev–Trinajstić information content (AvgIpc) is 2.21. The fraction of sp³-hybridized carbons (Fsp3) is 0.636. The van der Waals surface area contributed by atoms with Crippen molar-refractivity contribution in [1.82, 2.24) is 9.97 Å². The Labute approximate surface area is 84.8 Å². The van der Waals surface area contributed by atoms with E-state index in [0.717, 1.165) is 5.92 Å². The zero-order chi connectivity index (χ0) is 9.97. The molecule has 1 aliphatic carbocycles. The van der Waals surface area contributed by atoms with Gasteiger partial charge in [0, 0.05) is 12.4 Å². The summed E-state index contributed by atoms with van der Waals surface area (Å²) < 4.78 is 0. The number of hydrogen-bond acceptors (Lipinski definition) is 3. The molecule has 1 saturated carbocycles. The first-order chi connectivity index (χ1) is 6.75. The summed E-state index contributed by atoms with van der Waals surface area (Å²) in [6.07, 6.45) is 8.96. The number of rotatable bonds is 1. The molecule has 1 aromatic rings. The molecule has 0 saturated heterocycles. The van der Waals surface area contributed by atoms with Crippen LogP contribution in [-0.4, -0.2) is 9.97 Å². The maximum Gasteiger partial charge on any atom is 0.219 e. The first kappa shape index (κ1) is 9.44. The Bertz CT molecular complexity index is 286. The maximum atomic E-state index is 5.46. The molecule has 0 bridgehead atoms. The molecule has 0 aliphatic heterocycles. The molecular weight excluding hydrogens is 174 g/mol. The summed E-state index contributed by atoms with van der Waals surface area (Å²) in [6, 6.07) is 0. The minimum absolute atomic E-state index is 0.373. The Kier molecular flexibility index (Phi) is 2.66. The van der Waals surface area contributed by atoms with Gasteiger partial charge in [0.25, 0.3) is 0 Å². The van der Waals surface area contributed by atoms with E-state index in [4.69, 9.17) is 5.73 Å². The Balaban J connectivity index is 2.05. The number of hydrogen-bond donors (Lipinski definition) is 1.